The van der Waals surface area contributed by atoms with Gasteiger partial charge in [-0.05, 0) is 29.3 Å². The van der Waals surface area contributed by atoms with Gasteiger partial charge in [0.1, 0.15) is 24.0 Å². The van der Waals surface area contributed by atoms with E-state index in [0.717, 1.165) is 5.56 Å². The van der Waals surface area contributed by atoms with E-state index in [-0.39, 0.29) is 18.8 Å². The van der Waals surface area contributed by atoms with Crippen LogP contribution in [0.15, 0.2) is 60.2 Å². The Kier molecular flexibility index (Phi) is 6.32. The van der Waals surface area contributed by atoms with Crippen molar-refractivity contribution in [1.29, 1.82) is 5.26 Å². The third-order valence-corrected chi connectivity index (χ3v) is 3.13. The minimum absolute atomic E-state index is 0.0958. The molecule has 0 unspecified atom stereocenters. The normalized spacial score (nSPS) is 10.6. The van der Waals surface area contributed by atoms with Crippen molar-refractivity contribution in [2.45, 2.75) is 6.61 Å². The summed E-state index contributed by atoms with van der Waals surface area (Å²) in [6.07, 6.45) is 1.42. The molecule has 0 radical (unpaired) electrons. The van der Waals surface area contributed by atoms with Gasteiger partial charge in [0.2, 0.25) is 0 Å². The van der Waals surface area contributed by atoms with E-state index in [0.29, 0.717) is 11.3 Å². The zero-order chi connectivity index (χ0) is 18.1. The fraction of sp³-hybridized carbons (Fsp3) is 0.105. The number of nitrogens with two attached hydrogens (primary N) is 1. The van der Waals surface area contributed by atoms with E-state index in [2.05, 4.69) is 0 Å². The van der Waals surface area contributed by atoms with Crippen molar-refractivity contribution in [3.63, 3.8) is 0 Å². The average molecular weight is 336 g/mol. The molecule has 0 heterocycles. The molecule has 2 N–H and O–H groups in total. The summed E-state index contributed by atoms with van der Waals surface area (Å²) in [4.78, 5) is 22.7. The molecule has 0 atom stereocenters. The molecule has 2 aromatic rings. The fourth-order valence-electron chi connectivity index (χ4n) is 1.92. The Hall–Kier alpha value is -3.59. The minimum Gasteiger partial charge on any atom is -0.484 e. The fourth-order valence-corrected chi connectivity index (χ4v) is 1.92. The molecule has 126 valence electrons. The van der Waals surface area contributed by atoms with Crippen LogP contribution in [0.25, 0.3) is 6.08 Å². The Bertz CT molecular complexity index is 806. The second-order valence-electron chi connectivity index (χ2n) is 5.06. The molecule has 0 saturated carbocycles. The number of nitriles is 1. The summed E-state index contributed by atoms with van der Waals surface area (Å²) >= 11 is 0. The lowest BCUT2D eigenvalue weighted by Gasteiger charge is -2.05. The molecular weight excluding hydrogens is 320 g/mol. The van der Waals surface area contributed by atoms with Crippen LogP contribution in [0.2, 0.25) is 0 Å². The minimum atomic E-state index is -0.694. The SMILES string of the molecule is N#C/C(=C/c1ccc(OCC(N)=O)cc1)C(=O)OCc1ccccc1. The number of hydrogen-bond acceptors (Lipinski definition) is 5. The van der Waals surface area contributed by atoms with E-state index in [1.54, 1.807) is 24.3 Å². The molecule has 25 heavy (non-hydrogen) atoms. The standard InChI is InChI=1S/C19H16N2O4/c20-11-16(19(23)25-12-15-4-2-1-3-5-15)10-14-6-8-17(9-7-14)24-13-18(21)22/h1-10H,12-13H2,(H2,21,22)/b16-10-. The number of nitrogens with zero attached hydrogens (tertiary/aromatic N) is 1. The van der Waals surface area contributed by atoms with Gasteiger partial charge >= 0.3 is 5.97 Å². The van der Waals surface area contributed by atoms with Crippen molar-refractivity contribution in [3.8, 4) is 11.8 Å². The van der Waals surface area contributed by atoms with Crippen molar-refractivity contribution in [2.24, 2.45) is 5.73 Å². The van der Waals surface area contributed by atoms with Gasteiger partial charge in [-0.15, -0.1) is 0 Å². The molecule has 2 rings (SSSR count). The van der Waals surface area contributed by atoms with Crippen LogP contribution in [0, 0.1) is 11.3 Å². The van der Waals surface area contributed by atoms with Gasteiger partial charge in [0.05, 0.1) is 0 Å². The van der Waals surface area contributed by atoms with Gasteiger partial charge in [0, 0.05) is 0 Å². The summed E-state index contributed by atoms with van der Waals surface area (Å²) < 4.78 is 10.3. The van der Waals surface area contributed by atoms with Crippen LogP contribution in [0.4, 0.5) is 0 Å². The lowest BCUT2D eigenvalue weighted by atomic mass is 10.1. The van der Waals surface area contributed by atoms with Gasteiger partial charge in [-0.2, -0.15) is 5.26 Å². The Morgan fingerprint density at radius 1 is 1.08 bits per heavy atom. The first-order chi connectivity index (χ1) is 12.1. The number of hydrogen-bond donors (Lipinski definition) is 1. The highest BCUT2D eigenvalue weighted by Crippen LogP contribution is 2.15. The van der Waals surface area contributed by atoms with Crippen LogP contribution >= 0.6 is 0 Å². The Morgan fingerprint density at radius 3 is 2.36 bits per heavy atom. The highest BCUT2D eigenvalue weighted by Gasteiger charge is 2.11. The number of primary amides is 1. The molecule has 6 nitrogen and oxygen atoms in total. The number of ether oxygens (including phenoxy) is 2. The summed E-state index contributed by atoms with van der Waals surface area (Å²) in [5, 5.41) is 9.16. The van der Waals surface area contributed by atoms with Crippen molar-refractivity contribution in [2.75, 3.05) is 6.61 Å². The lowest BCUT2D eigenvalue weighted by molar-refractivity contribution is -0.139. The lowest BCUT2D eigenvalue weighted by Crippen LogP contribution is -2.19. The molecule has 0 bridgehead atoms. The molecule has 0 spiro atoms. The predicted octanol–water partition coefficient (Wildman–Crippen LogP) is 2.20. The molecule has 0 aliphatic carbocycles. The first-order valence-electron chi connectivity index (χ1n) is 7.42. The number of carbonyl (C=O) groups excluding carboxylic acids is 2. The molecule has 2 aromatic carbocycles. The topological polar surface area (TPSA) is 102 Å². The molecule has 0 fully saturated rings. The largest absolute Gasteiger partial charge is 0.484 e. The number of amides is 1. The van der Waals surface area contributed by atoms with Crippen LogP contribution in [0.5, 0.6) is 5.75 Å². The van der Waals surface area contributed by atoms with Gasteiger partial charge in [-0.25, -0.2) is 4.79 Å². The third kappa shape index (κ3) is 5.84. The predicted molar refractivity (Wildman–Crippen MR) is 91.0 cm³/mol. The van der Waals surface area contributed by atoms with E-state index >= 15 is 0 Å². The Labute approximate surface area is 145 Å². The quantitative estimate of drug-likeness (QED) is 0.474. The Morgan fingerprint density at radius 2 is 1.76 bits per heavy atom. The zero-order valence-electron chi connectivity index (χ0n) is 13.3. The molecule has 6 heteroatoms. The van der Waals surface area contributed by atoms with Crippen molar-refractivity contribution >= 4 is 18.0 Å². The van der Waals surface area contributed by atoms with Crippen LogP contribution in [0.1, 0.15) is 11.1 Å². The molecular formula is C19H16N2O4. The molecule has 0 saturated heterocycles. The van der Waals surface area contributed by atoms with E-state index in [4.69, 9.17) is 20.5 Å². The number of esters is 1. The van der Waals surface area contributed by atoms with Crippen LogP contribution in [-0.2, 0) is 20.9 Å². The van der Waals surface area contributed by atoms with E-state index in [9.17, 15) is 9.59 Å². The molecule has 1 amide bonds. The molecule has 0 aliphatic rings. The monoisotopic (exact) mass is 336 g/mol. The summed E-state index contributed by atoms with van der Waals surface area (Å²) in [5.74, 6) is -0.807. The van der Waals surface area contributed by atoms with E-state index in [1.807, 2.05) is 36.4 Å². The van der Waals surface area contributed by atoms with Crippen LogP contribution in [0.3, 0.4) is 0 Å². The third-order valence-electron chi connectivity index (χ3n) is 3.13. The van der Waals surface area contributed by atoms with Gasteiger partial charge in [-0.3, -0.25) is 4.79 Å². The van der Waals surface area contributed by atoms with E-state index in [1.165, 1.54) is 6.08 Å². The van der Waals surface area contributed by atoms with Crippen molar-refractivity contribution in [3.05, 3.63) is 71.3 Å². The summed E-state index contributed by atoms with van der Waals surface area (Å²) in [6, 6.07) is 17.6. The highest BCUT2D eigenvalue weighted by molar-refractivity contribution is 5.97. The maximum atomic E-state index is 12.0. The smallest absolute Gasteiger partial charge is 0.349 e. The average Bonchev–Trinajstić information content (AvgIpc) is 2.64. The molecule has 0 aliphatic heterocycles. The van der Waals surface area contributed by atoms with Crippen LogP contribution < -0.4 is 10.5 Å². The first kappa shape index (κ1) is 17.8. The van der Waals surface area contributed by atoms with E-state index < -0.39 is 11.9 Å². The molecule has 0 aromatic heterocycles. The first-order valence-corrected chi connectivity index (χ1v) is 7.42. The number of rotatable bonds is 7. The maximum Gasteiger partial charge on any atom is 0.349 e. The number of carbonyl (C=O) groups is 2. The second kappa shape index (κ2) is 8.89. The van der Waals surface area contributed by atoms with Gasteiger partial charge in [0.25, 0.3) is 5.91 Å². The van der Waals surface area contributed by atoms with Gasteiger partial charge in [-0.1, -0.05) is 42.5 Å². The summed E-state index contributed by atoms with van der Waals surface area (Å²) in [7, 11) is 0. The summed E-state index contributed by atoms with van der Waals surface area (Å²) in [5.41, 5.74) is 6.35. The zero-order valence-corrected chi connectivity index (χ0v) is 13.3. The Balaban J connectivity index is 2.00. The van der Waals surface area contributed by atoms with Gasteiger partial charge < -0.3 is 15.2 Å². The van der Waals surface area contributed by atoms with Crippen molar-refractivity contribution < 1.29 is 19.1 Å². The maximum absolute atomic E-state index is 12.0. The van der Waals surface area contributed by atoms with Crippen LogP contribution in [-0.4, -0.2) is 18.5 Å². The summed E-state index contributed by atoms with van der Waals surface area (Å²) in [6.45, 7) is -0.122. The highest BCUT2D eigenvalue weighted by atomic mass is 16.5. The number of benzene rings is 2. The second-order valence-corrected chi connectivity index (χ2v) is 5.06. The van der Waals surface area contributed by atoms with Gasteiger partial charge in [0.15, 0.2) is 6.61 Å². The van der Waals surface area contributed by atoms with Crippen molar-refractivity contribution in [1.82, 2.24) is 0 Å².